The van der Waals surface area contributed by atoms with Crippen molar-refractivity contribution in [1.29, 1.82) is 5.41 Å². The molecule has 0 bridgehead atoms. The lowest BCUT2D eigenvalue weighted by molar-refractivity contribution is 0.0950. The fourth-order valence-electron chi connectivity index (χ4n) is 4.77. The highest BCUT2D eigenvalue weighted by atomic mass is 16.1. The van der Waals surface area contributed by atoms with Gasteiger partial charge in [0.15, 0.2) is 0 Å². The molecule has 39 heavy (non-hydrogen) atoms. The normalized spacial score (nSPS) is 13.4. The average molecular weight is 531 g/mol. The number of nitrogens with one attached hydrogen (secondary N) is 5. The van der Waals surface area contributed by atoms with Crippen molar-refractivity contribution in [2.45, 2.75) is 53.1 Å². The van der Waals surface area contributed by atoms with E-state index in [1.807, 2.05) is 39.0 Å². The number of amides is 1. The molecule has 206 valence electrons. The van der Waals surface area contributed by atoms with Gasteiger partial charge >= 0.3 is 0 Å². The van der Waals surface area contributed by atoms with Crippen molar-refractivity contribution in [1.82, 2.24) is 25.6 Å². The van der Waals surface area contributed by atoms with E-state index in [0.717, 1.165) is 67.9 Å². The maximum atomic E-state index is 13.5. The molecule has 3 aromatic heterocycles. The van der Waals surface area contributed by atoms with Crippen molar-refractivity contribution >= 4 is 23.8 Å². The van der Waals surface area contributed by atoms with Crippen molar-refractivity contribution in [3.63, 3.8) is 0 Å². The molecule has 1 aliphatic heterocycles. The molecule has 0 aliphatic carbocycles. The van der Waals surface area contributed by atoms with Crippen LogP contribution in [0.5, 0.6) is 0 Å². The molecule has 0 spiro atoms. The van der Waals surface area contributed by atoms with Gasteiger partial charge in [-0.3, -0.25) is 9.59 Å². The SMILES string of the molecule is CCCc1cc(C)[nH]c(=O)c1CNC(=O)c1cc(-c2ccc(N3CCNCC3)nc2)nc(NC(C)C)c1C=N. The standard InChI is InChI=1S/C29H38N8O2/c1-5-6-20-13-19(4)35-29(39)24(20)17-33-28(38)22-14-25(36-27(23(22)15-30)34-18(2)3)21-7-8-26(32-16-21)37-11-9-31-10-12-37/h7-8,13-16,18,30-31H,5-6,9-12,17H2,1-4H3,(H,33,38)(H,34,36)(H,35,39). The number of hydrogen-bond acceptors (Lipinski definition) is 8. The molecular weight excluding hydrogens is 492 g/mol. The summed E-state index contributed by atoms with van der Waals surface area (Å²) in [6.45, 7) is 11.6. The number of anilines is 2. The molecule has 5 N–H and O–H groups in total. The lowest BCUT2D eigenvalue weighted by atomic mass is 10.0. The quantitative estimate of drug-likeness (QED) is 0.254. The number of piperazine rings is 1. The number of carbonyl (C=O) groups excluding carboxylic acids is 1. The molecule has 1 aliphatic rings. The van der Waals surface area contributed by atoms with Gasteiger partial charge in [0.25, 0.3) is 11.5 Å². The molecule has 0 saturated carbocycles. The first-order chi connectivity index (χ1) is 18.8. The Balaban J connectivity index is 1.67. The first-order valence-corrected chi connectivity index (χ1v) is 13.5. The minimum absolute atomic E-state index is 0.0401. The highest BCUT2D eigenvalue weighted by Crippen LogP contribution is 2.26. The molecule has 1 fully saturated rings. The van der Waals surface area contributed by atoms with Gasteiger partial charge in [-0.25, -0.2) is 9.97 Å². The fourth-order valence-corrected chi connectivity index (χ4v) is 4.77. The second kappa shape index (κ2) is 12.7. The number of aromatic nitrogens is 3. The first kappa shape index (κ1) is 28.0. The Morgan fingerprint density at radius 1 is 1.23 bits per heavy atom. The van der Waals surface area contributed by atoms with Gasteiger partial charge in [-0.1, -0.05) is 13.3 Å². The van der Waals surface area contributed by atoms with Gasteiger partial charge < -0.3 is 31.2 Å². The fraction of sp³-hybridized carbons (Fsp3) is 0.414. The third kappa shape index (κ3) is 6.69. The summed E-state index contributed by atoms with van der Waals surface area (Å²) in [5, 5.41) is 17.6. The first-order valence-electron chi connectivity index (χ1n) is 13.5. The van der Waals surface area contributed by atoms with Crippen LogP contribution in [0.2, 0.25) is 0 Å². The lowest BCUT2D eigenvalue weighted by Gasteiger charge is -2.28. The smallest absolute Gasteiger partial charge is 0.253 e. The monoisotopic (exact) mass is 530 g/mol. The van der Waals surface area contributed by atoms with E-state index < -0.39 is 0 Å². The zero-order chi connectivity index (χ0) is 27.9. The number of aryl methyl sites for hydroxylation is 2. The van der Waals surface area contributed by atoms with Crippen molar-refractivity contribution in [2.24, 2.45) is 0 Å². The van der Waals surface area contributed by atoms with Crippen molar-refractivity contribution in [3.05, 3.63) is 68.8 Å². The van der Waals surface area contributed by atoms with Crippen LogP contribution in [0.1, 0.15) is 59.9 Å². The van der Waals surface area contributed by atoms with Crippen LogP contribution < -0.4 is 26.4 Å². The van der Waals surface area contributed by atoms with Crippen LogP contribution in [-0.2, 0) is 13.0 Å². The van der Waals surface area contributed by atoms with Gasteiger partial charge in [-0.15, -0.1) is 0 Å². The summed E-state index contributed by atoms with van der Waals surface area (Å²) in [7, 11) is 0. The van der Waals surface area contributed by atoms with Gasteiger partial charge in [-0.05, 0) is 57.0 Å². The van der Waals surface area contributed by atoms with Crippen LogP contribution in [0.4, 0.5) is 11.6 Å². The summed E-state index contributed by atoms with van der Waals surface area (Å²) >= 11 is 0. The molecule has 4 rings (SSSR count). The van der Waals surface area contributed by atoms with E-state index in [9.17, 15) is 9.59 Å². The molecule has 4 heterocycles. The summed E-state index contributed by atoms with van der Waals surface area (Å²) in [5.41, 5.74) is 4.13. The van der Waals surface area contributed by atoms with Crippen LogP contribution in [0.25, 0.3) is 11.3 Å². The topological polar surface area (TPSA) is 139 Å². The van der Waals surface area contributed by atoms with Crippen molar-refractivity contribution < 1.29 is 4.79 Å². The van der Waals surface area contributed by atoms with Crippen LogP contribution in [0.15, 0.2) is 35.3 Å². The van der Waals surface area contributed by atoms with E-state index in [2.05, 4.69) is 37.7 Å². The van der Waals surface area contributed by atoms with E-state index in [0.29, 0.717) is 28.2 Å². The predicted molar refractivity (Wildman–Crippen MR) is 156 cm³/mol. The Kier molecular flexibility index (Phi) is 9.08. The number of H-pyrrole nitrogens is 1. The summed E-state index contributed by atoms with van der Waals surface area (Å²) in [4.78, 5) is 40.7. The zero-order valence-electron chi connectivity index (χ0n) is 23.1. The third-order valence-electron chi connectivity index (χ3n) is 6.67. The van der Waals surface area contributed by atoms with Crippen molar-refractivity contribution in [2.75, 3.05) is 36.4 Å². The third-order valence-corrected chi connectivity index (χ3v) is 6.67. The number of hydrogen-bond donors (Lipinski definition) is 5. The van der Waals surface area contributed by atoms with Crippen LogP contribution in [0.3, 0.4) is 0 Å². The number of rotatable bonds is 10. The highest BCUT2D eigenvalue weighted by Gasteiger charge is 2.20. The second-order valence-corrected chi connectivity index (χ2v) is 10.1. The molecule has 1 saturated heterocycles. The van der Waals surface area contributed by atoms with Gasteiger partial charge in [0, 0.05) is 73.6 Å². The Hall–Kier alpha value is -4.05. The summed E-state index contributed by atoms with van der Waals surface area (Å²) in [6.07, 6.45) is 4.55. The minimum atomic E-state index is -0.378. The molecule has 0 radical (unpaired) electrons. The van der Waals surface area contributed by atoms with Crippen LogP contribution >= 0.6 is 0 Å². The highest BCUT2D eigenvalue weighted by molar-refractivity contribution is 6.05. The molecule has 0 aromatic carbocycles. The van der Waals surface area contributed by atoms with E-state index in [1.165, 1.54) is 0 Å². The molecule has 0 unspecified atom stereocenters. The number of aromatic amines is 1. The summed E-state index contributed by atoms with van der Waals surface area (Å²) < 4.78 is 0. The van der Waals surface area contributed by atoms with Crippen LogP contribution in [-0.4, -0.2) is 59.3 Å². The van der Waals surface area contributed by atoms with Gasteiger partial charge in [0.05, 0.1) is 11.3 Å². The maximum absolute atomic E-state index is 13.5. The Labute approximate surface area is 229 Å². The van der Waals surface area contributed by atoms with Gasteiger partial charge in [0.1, 0.15) is 11.6 Å². The summed E-state index contributed by atoms with van der Waals surface area (Å²) in [5.74, 6) is 0.978. The molecular formula is C29H38N8O2. The number of nitrogens with zero attached hydrogens (tertiary/aromatic N) is 3. The van der Waals surface area contributed by atoms with E-state index in [1.54, 1.807) is 12.3 Å². The van der Waals surface area contributed by atoms with Crippen molar-refractivity contribution in [3.8, 4) is 11.3 Å². The summed E-state index contributed by atoms with van der Waals surface area (Å²) in [6, 6.07) is 7.62. The largest absolute Gasteiger partial charge is 0.367 e. The molecule has 1 amide bonds. The lowest BCUT2D eigenvalue weighted by Crippen LogP contribution is -2.43. The zero-order valence-corrected chi connectivity index (χ0v) is 23.1. The second-order valence-electron chi connectivity index (χ2n) is 10.1. The molecule has 0 atom stereocenters. The Morgan fingerprint density at radius 3 is 2.64 bits per heavy atom. The van der Waals surface area contributed by atoms with E-state index >= 15 is 0 Å². The van der Waals surface area contributed by atoms with Crippen LogP contribution in [0, 0.1) is 12.3 Å². The predicted octanol–water partition coefficient (Wildman–Crippen LogP) is 3.25. The van der Waals surface area contributed by atoms with Gasteiger partial charge in [-0.2, -0.15) is 0 Å². The minimum Gasteiger partial charge on any atom is -0.367 e. The molecule has 3 aromatic rings. The Morgan fingerprint density at radius 2 is 2.00 bits per heavy atom. The van der Waals surface area contributed by atoms with Gasteiger partial charge in [0.2, 0.25) is 0 Å². The number of pyridine rings is 3. The average Bonchev–Trinajstić information content (AvgIpc) is 2.92. The molecule has 10 heteroatoms. The number of carbonyl (C=O) groups is 1. The van der Waals surface area contributed by atoms with E-state index in [-0.39, 0.29) is 24.1 Å². The molecule has 10 nitrogen and oxygen atoms in total. The Bertz CT molecular complexity index is 1380. The van der Waals surface area contributed by atoms with E-state index in [4.69, 9.17) is 10.4 Å². The maximum Gasteiger partial charge on any atom is 0.253 e.